The highest BCUT2D eigenvalue weighted by Crippen LogP contribution is 2.13. The smallest absolute Gasteiger partial charge is 0.245 e. The van der Waals surface area contributed by atoms with Crippen molar-refractivity contribution in [2.45, 2.75) is 108 Å². The summed E-state index contributed by atoms with van der Waals surface area (Å²) in [4.78, 5) is 114. The molecule has 1 saturated heterocycles. The molecule has 1 heterocycles. The summed E-state index contributed by atoms with van der Waals surface area (Å²) in [5.41, 5.74) is 17.9. The van der Waals surface area contributed by atoms with Gasteiger partial charge in [-0.3, -0.25) is 43.3 Å². The van der Waals surface area contributed by atoms with Gasteiger partial charge in [-0.05, 0) is 67.6 Å². The molecule has 12 N–H and O–H groups in total. The van der Waals surface area contributed by atoms with Crippen molar-refractivity contribution < 1.29 is 38.4 Å². The molecule has 1 fully saturated rings. The summed E-state index contributed by atoms with van der Waals surface area (Å²) in [5, 5.41) is 16.6. The van der Waals surface area contributed by atoms with Crippen LogP contribution in [0.5, 0.6) is 0 Å². The van der Waals surface area contributed by atoms with Gasteiger partial charge in [-0.15, -0.1) is 0 Å². The highest BCUT2D eigenvalue weighted by molar-refractivity contribution is 7.98. The molecule has 20 heteroatoms. The van der Waals surface area contributed by atoms with E-state index in [0.717, 1.165) is 0 Å². The average molecular weight is 922 g/mol. The van der Waals surface area contributed by atoms with E-state index in [1.807, 2.05) is 20.1 Å². The van der Waals surface area contributed by atoms with Gasteiger partial charge in [0.15, 0.2) is 5.96 Å². The molecule has 1 aliphatic heterocycles. The third-order valence-corrected chi connectivity index (χ3v) is 11.1. The van der Waals surface area contributed by atoms with E-state index in [4.69, 9.17) is 17.2 Å². The van der Waals surface area contributed by atoms with Crippen LogP contribution < -0.4 is 49.1 Å². The number of thioether (sulfide) groups is 1. The van der Waals surface area contributed by atoms with E-state index in [2.05, 4.69) is 36.9 Å². The minimum Gasteiger partial charge on any atom is -0.370 e. The minimum atomic E-state index is -1.26. The van der Waals surface area contributed by atoms with Gasteiger partial charge < -0.3 is 54.0 Å². The fourth-order valence-corrected chi connectivity index (χ4v) is 7.56. The molecule has 0 spiro atoms. The Morgan fingerprint density at radius 2 is 1.38 bits per heavy atom. The molecular weight excluding hydrogens is 855 g/mol. The molecule has 2 aromatic rings. The average Bonchev–Trinajstić information content (AvgIpc) is 3.26. The summed E-state index contributed by atoms with van der Waals surface area (Å²) >= 11 is 1.49. The summed E-state index contributed by atoms with van der Waals surface area (Å²) < 4.78 is 0. The fraction of sp³-hybridized carbons (Fsp3) is 0.533. The van der Waals surface area contributed by atoms with Gasteiger partial charge in [-0.25, -0.2) is 0 Å². The van der Waals surface area contributed by atoms with Crippen molar-refractivity contribution in [1.82, 2.24) is 36.8 Å². The second-order valence-electron chi connectivity index (χ2n) is 16.4. The minimum absolute atomic E-state index is 0.00131. The quantitative estimate of drug-likeness (QED) is 0.0503. The number of guanidine groups is 1. The highest BCUT2D eigenvalue weighted by Gasteiger charge is 2.34. The number of nitrogens with zero attached hydrogens (tertiary/aromatic N) is 2. The van der Waals surface area contributed by atoms with Crippen LogP contribution in [0.15, 0.2) is 65.7 Å². The van der Waals surface area contributed by atoms with Crippen LogP contribution in [0.2, 0.25) is 0 Å². The Labute approximate surface area is 385 Å². The predicted octanol–water partition coefficient (Wildman–Crippen LogP) is -0.247. The first-order chi connectivity index (χ1) is 31.1. The molecule has 19 nitrogen and oxygen atoms in total. The van der Waals surface area contributed by atoms with E-state index >= 15 is 0 Å². The van der Waals surface area contributed by atoms with Gasteiger partial charge in [-0.1, -0.05) is 74.5 Å². The third kappa shape index (κ3) is 20.5. The standard InChI is InChI=1S/C45H67N11O8S/c1-29(2)25-34(42(62)53-32(40(46)60)20-24-65-3)52-39(59)28-56-23-12-22-49-37(57)18-10-19-38(58)51-33(17-11-21-50-45(47)48)41(61)54-35(26-30-13-6-4-7-14-30)43(63)55-36(44(56)64)27-31-15-8-5-9-16-31/h4-9,13-16,29,32-36H,10-12,17-28H2,1-3H3,(H2,46,60)(H,49,57)(H,51,58)(H,52,59)(H,53,62)(H,54,61)(H,55,63)(H4,47,48,50)/t32-,33+,34-,35-,36+/m0/s1. The van der Waals surface area contributed by atoms with Gasteiger partial charge in [0, 0.05) is 45.3 Å². The van der Waals surface area contributed by atoms with Gasteiger partial charge >= 0.3 is 0 Å². The van der Waals surface area contributed by atoms with Crippen LogP contribution in [0, 0.1) is 5.92 Å². The van der Waals surface area contributed by atoms with Crippen molar-refractivity contribution in [3.63, 3.8) is 0 Å². The molecule has 5 atom stereocenters. The van der Waals surface area contributed by atoms with Crippen LogP contribution in [0.1, 0.15) is 76.3 Å². The molecule has 0 unspecified atom stereocenters. The molecule has 65 heavy (non-hydrogen) atoms. The van der Waals surface area contributed by atoms with Crippen molar-refractivity contribution >= 4 is 65.0 Å². The Kier molecular flexibility index (Phi) is 23.4. The van der Waals surface area contributed by atoms with Crippen LogP contribution in [0.3, 0.4) is 0 Å². The Morgan fingerprint density at radius 3 is 1.98 bits per heavy atom. The summed E-state index contributed by atoms with van der Waals surface area (Å²) in [5.74, 6) is -4.42. The number of rotatable bonds is 19. The number of hydrogen-bond acceptors (Lipinski definition) is 10. The Hall–Kier alpha value is -6.18. The summed E-state index contributed by atoms with van der Waals surface area (Å²) in [6.07, 6.45) is 3.13. The molecule has 2 aromatic carbocycles. The maximum absolute atomic E-state index is 14.8. The van der Waals surface area contributed by atoms with Crippen molar-refractivity contribution in [1.29, 1.82) is 0 Å². The number of carbonyl (C=O) groups is 8. The number of hydrogen-bond donors (Lipinski definition) is 9. The van der Waals surface area contributed by atoms with Gasteiger partial charge in [0.1, 0.15) is 30.2 Å². The van der Waals surface area contributed by atoms with Crippen LogP contribution in [0.25, 0.3) is 0 Å². The number of nitrogens with one attached hydrogen (secondary N) is 6. The molecule has 1 aliphatic rings. The van der Waals surface area contributed by atoms with Crippen molar-refractivity contribution in [3.05, 3.63) is 71.8 Å². The summed E-state index contributed by atoms with van der Waals surface area (Å²) in [6.45, 7) is 3.46. The van der Waals surface area contributed by atoms with Gasteiger partial charge in [0.05, 0.1) is 6.54 Å². The number of nitrogens with two attached hydrogens (primary N) is 3. The maximum atomic E-state index is 14.8. The van der Waals surface area contributed by atoms with Crippen molar-refractivity contribution in [2.75, 3.05) is 38.2 Å². The van der Waals surface area contributed by atoms with Crippen LogP contribution in [-0.4, -0.2) is 127 Å². The molecule has 356 valence electrons. The summed E-state index contributed by atoms with van der Waals surface area (Å²) in [6, 6.07) is 12.3. The number of aliphatic imine (C=N–C) groups is 1. The van der Waals surface area contributed by atoms with Gasteiger partial charge in [0.25, 0.3) is 0 Å². The first kappa shape index (κ1) is 53.2. The Balaban J connectivity index is 2.03. The topological polar surface area (TPSA) is 302 Å². The van der Waals surface area contributed by atoms with Crippen LogP contribution in [-0.2, 0) is 51.2 Å². The van der Waals surface area contributed by atoms with Crippen LogP contribution in [0.4, 0.5) is 0 Å². The zero-order valence-electron chi connectivity index (χ0n) is 37.6. The maximum Gasteiger partial charge on any atom is 0.245 e. The summed E-state index contributed by atoms with van der Waals surface area (Å²) in [7, 11) is 0. The van der Waals surface area contributed by atoms with E-state index in [9.17, 15) is 38.4 Å². The molecule has 0 aromatic heterocycles. The number of primary amides is 1. The van der Waals surface area contributed by atoms with E-state index in [-0.39, 0.29) is 88.8 Å². The molecular formula is C45H67N11O8S. The highest BCUT2D eigenvalue weighted by atomic mass is 32.2. The molecule has 3 rings (SSSR count). The Bertz CT molecular complexity index is 1920. The number of carbonyl (C=O) groups excluding carboxylic acids is 8. The monoisotopic (exact) mass is 921 g/mol. The number of amides is 8. The Morgan fingerprint density at radius 1 is 0.785 bits per heavy atom. The third-order valence-electron chi connectivity index (χ3n) is 10.4. The van der Waals surface area contributed by atoms with Gasteiger partial charge in [0.2, 0.25) is 47.3 Å². The largest absolute Gasteiger partial charge is 0.370 e. The molecule has 8 amide bonds. The van der Waals surface area contributed by atoms with E-state index < -0.39 is 78.1 Å². The lowest BCUT2D eigenvalue weighted by Crippen LogP contribution is -2.59. The van der Waals surface area contributed by atoms with E-state index in [1.54, 1.807) is 60.7 Å². The molecule has 0 radical (unpaired) electrons. The lowest BCUT2D eigenvalue weighted by Gasteiger charge is -2.30. The SMILES string of the molecule is CSCC[C@H](NC(=O)[C@H](CC(C)C)NC(=O)CN1CCCNC(=O)CCCC(=O)N[C@H](CCCN=C(N)N)C(=O)N[C@@H](Cc2ccccc2)C(=O)N[C@H](Cc2ccccc2)C1=O)C(N)=O. The first-order valence-corrected chi connectivity index (χ1v) is 23.4. The fourth-order valence-electron chi connectivity index (χ4n) is 7.09. The zero-order valence-corrected chi connectivity index (χ0v) is 38.5. The number of benzene rings is 2. The normalized spacial score (nSPS) is 19.2. The van der Waals surface area contributed by atoms with Gasteiger partial charge in [-0.2, -0.15) is 11.8 Å². The lowest BCUT2D eigenvalue weighted by atomic mass is 10.0. The molecule has 0 bridgehead atoms. The van der Waals surface area contributed by atoms with E-state index in [0.29, 0.717) is 29.7 Å². The second kappa shape index (κ2) is 28.6. The first-order valence-electron chi connectivity index (χ1n) is 22.0. The zero-order chi connectivity index (χ0) is 47.7. The van der Waals surface area contributed by atoms with E-state index in [1.165, 1.54) is 16.7 Å². The molecule has 0 saturated carbocycles. The lowest BCUT2D eigenvalue weighted by molar-refractivity contribution is -0.140. The predicted molar refractivity (Wildman–Crippen MR) is 250 cm³/mol. The van der Waals surface area contributed by atoms with Crippen LogP contribution >= 0.6 is 11.8 Å². The van der Waals surface area contributed by atoms with Crippen molar-refractivity contribution in [2.24, 2.45) is 28.1 Å². The molecule has 0 aliphatic carbocycles. The second-order valence-corrected chi connectivity index (χ2v) is 17.4. The van der Waals surface area contributed by atoms with Crippen molar-refractivity contribution in [3.8, 4) is 0 Å².